The number of benzene rings is 2. The molecule has 0 amide bonds. The molecule has 2 N–H and O–H groups in total. The van der Waals surface area contributed by atoms with Crippen molar-refractivity contribution in [1.29, 1.82) is 2.86 Å². The van der Waals surface area contributed by atoms with E-state index in [9.17, 15) is 0 Å². The summed E-state index contributed by atoms with van der Waals surface area (Å²) in [4.78, 5) is 0. The second-order valence-electron chi connectivity index (χ2n) is 10.8. The number of aromatic hydroxyl groups is 2. The number of phenolic OH excluding ortho intramolecular Hbond substituents is 2. The van der Waals surface area contributed by atoms with E-state index < -0.39 is 0 Å². The minimum Gasteiger partial charge on any atom is -0.508 e. The van der Waals surface area contributed by atoms with Crippen LogP contribution in [0.4, 0.5) is 0 Å². The van der Waals surface area contributed by atoms with Gasteiger partial charge in [-0.2, -0.15) is 0 Å². The third-order valence-electron chi connectivity index (χ3n) is 8.92. The minimum atomic E-state index is -0.00774. The number of phenols is 2. The third-order valence-corrected chi connectivity index (χ3v) is 8.92. The third kappa shape index (κ3) is 4.18. The Morgan fingerprint density at radius 3 is 1.47 bits per heavy atom. The van der Waals surface area contributed by atoms with Gasteiger partial charge in [0.15, 0.2) is 0 Å². The maximum Gasteiger partial charge on any atom is 0.293 e. The summed E-state index contributed by atoms with van der Waals surface area (Å²) in [6, 6.07) is 13.4. The van der Waals surface area contributed by atoms with Gasteiger partial charge in [-0.25, -0.2) is 0 Å². The van der Waals surface area contributed by atoms with Gasteiger partial charge in [-0.3, -0.25) is 0 Å². The highest BCUT2D eigenvalue weighted by molar-refractivity contribution is 5.50. The molecule has 172 valence electrons. The van der Waals surface area contributed by atoms with Crippen molar-refractivity contribution in [1.82, 2.24) is 0 Å². The molecule has 3 fully saturated rings. The van der Waals surface area contributed by atoms with Crippen LogP contribution >= 0.6 is 0 Å². The molecule has 2 nitrogen and oxygen atoms in total. The van der Waals surface area contributed by atoms with Crippen LogP contribution < -0.4 is 0 Å². The molecule has 0 aromatic heterocycles. The zero-order valence-electron chi connectivity index (χ0n) is 21.5. The molecular formula is C30H40O2. The zero-order valence-corrected chi connectivity index (χ0v) is 19.5. The molecule has 0 heterocycles. The van der Waals surface area contributed by atoms with E-state index in [0.29, 0.717) is 11.8 Å². The van der Waals surface area contributed by atoms with E-state index in [1.165, 1.54) is 106 Å². The van der Waals surface area contributed by atoms with Gasteiger partial charge >= 0.3 is 0 Å². The maximum atomic E-state index is 7.69. The molecule has 5 rings (SSSR count). The van der Waals surface area contributed by atoms with Crippen molar-refractivity contribution >= 4 is 0 Å². The van der Waals surface area contributed by atoms with Crippen molar-refractivity contribution in [3.8, 4) is 11.5 Å². The Balaban J connectivity index is 1.59. The fourth-order valence-corrected chi connectivity index (χ4v) is 7.06. The largest absolute Gasteiger partial charge is 0.508 e. The second-order valence-corrected chi connectivity index (χ2v) is 10.8. The number of rotatable bonds is 6. The smallest absolute Gasteiger partial charge is 0.293 e. The van der Waals surface area contributed by atoms with E-state index in [-0.39, 0.29) is 5.41 Å². The molecule has 0 unspecified atom stereocenters. The van der Waals surface area contributed by atoms with Crippen molar-refractivity contribution in [2.24, 2.45) is 0 Å². The van der Waals surface area contributed by atoms with Gasteiger partial charge in [0.1, 0.15) is 11.5 Å². The highest BCUT2D eigenvalue weighted by Crippen LogP contribution is 2.49. The van der Waals surface area contributed by atoms with Crippen LogP contribution in [0.5, 0.6) is 11.5 Å². The monoisotopic (exact) mass is 434 g/mol. The topological polar surface area (TPSA) is 40.5 Å². The lowest BCUT2D eigenvalue weighted by Crippen LogP contribution is -2.31. The van der Waals surface area contributed by atoms with E-state index in [4.69, 9.17) is 13.1 Å². The van der Waals surface area contributed by atoms with Crippen molar-refractivity contribution < 1.29 is 10.2 Å². The lowest BCUT2D eigenvalue weighted by atomic mass is 9.64. The molecule has 32 heavy (non-hydrogen) atoms. The van der Waals surface area contributed by atoms with Gasteiger partial charge in [0.2, 0.25) is 0 Å². The van der Waals surface area contributed by atoms with Crippen molar-refractivity contribution in [3.63, 3.8) is 0 Å². The Morgan fingerprint density at radius 1 is 0.594 bits per heavy atom. The van der Waals surface area contributed by atoms with Crippen LogP contribution in [0.15, 0.2) is 36.4 Å². The summed E-state index contributed by atoms with van der Waals surface area (Å²) in [7, 11) is 0. The highest BCUT2D eigenvalue weighted by Gasteiger charge is 2.37. The Kier molecular flexibility index (Phi) is 5.79. The zero-order chi connectivity index (χ0) is 23.4. The first-order chi connectivity index (χ1) is 16.7. The second kappa shape index (κ2) is 9.49. The Morgan fingerprint density at radius 2 is 1.03 bits per heavy atom. The van der Waals surface area contributed by atoms with Gasteiger partial charge in [0.05, 0.1) is 0 Å². The summed E-state index contributed by atoms with van der Waals surface area (Å²) in [6.07, 6.45) is 18.7. The Labute approximate surface area is 197 Å². The lowest BCUT2D eigenvalue weighted by molar-refractivity contribution is 0.342. The van der Waals surface area contributed by atoms with E-state index in [0.717, 1.165) is 24.3 Å². The molecule has 2 aromatic carbocycles. The van der Waals surface area contributed by atoms with Crippen molar-refractivity contribution in [2.45, 2.75) is 114 Å². The molecular weight excluding hydrogens is 392 g/mol. The molecule has 0 radical (unpaired) electrons. The van der Waals surface area contributed by atoms with Crippen LogP contribution in [0.1, 0.15) is 130 Å². The lowest BCUT2D eigenvalue weighted by Gasteiger charge is -2.40. The van der Waals surface area contributed by atoms with Gasteiger partial charge < -0.3 is 10.2 Å². The summed E-state index contributed by atoms with van der Waals surface area (Å²) < 4.78 is 15.4. The maximum absolute atomic E-state index is 7.69. The van der Waals surface area contributed by atoms with Gasteiger partial charge in [-0.05, 0) is 84.7 Å². The quantitative estimate of drug-likeness (QED) is 0.479. The van der Waals surface area contributed by atoms with Crippen LogP contribution in [0.25, 0.3) is 0 Å². The molecule has 2 aromatic rings. The van der Waals surface area contributed by atoms with E-state index in [1.807, 2.05) is 0 Å². The van der Waals surface area contributed by atoms with Crippen LogP contribution in [-0.2, 0) is 5.41 Å². The average molecular weight is 435 g/mol. The number of hydrogen-bond donors (Lipinski definition) is 2. The summed E-state index contributed by atoms with van der Waals surface area (Å²) in [5, 5.41) is 10.2. The summed E-state index contributed by atoms with van der Waals surface area (Å²) in [5.41, 5.74) is 5.27. The van der Waals surface area contributed by atoms with Gasteiger partial charge in [-0.1, -0.05) is 82.1 Å². The Hall–Kier alpha value is -1.96. The van der Waals surface area contributed by atoms with Gasteiger partial charge in [0, 0.05) is 5.41 Å². The summed E-state index contributed by atoms with van der Waals surface area (Å²) >= 11 is 0. The standard InChI is InChI=1S/C30H40O2/c31-28-16-14-24(20-26(28)22-10-4-1-5-11-22)30(18-8-3-9-19-30)25-15-17-29(32)27(21-25)23-12-6-2-7-13-23/h14-17,20-23,31-32H,1-13,18-19H2/i/hD2. The van der Waals surface area contributed by atoms with Gasteiger partial charge in [-0.15, -0.1) is 0 Å². The molecule has 0 atom stereocenters. The Bertz CT molecular complexity index is 883. The fourth-order valence-electron chi connectivity index (χ4n) is 7.06. The first-order valence-electron chi connectivity index (χ1n) is 14.1. The SMILES string of the molecule is [2H]Oc1ccc(C2(c3ccc(O[2H])c(C4CCCCC4)c3)CCCCC2)cc1C1CCCCC1. The predicted octanol–water partition coefficient (Wildman–Crippen LogP) is 8.44. The molecule has 0 bridgehead atoms. The number of hydrogen-bond acceptors (Lipinski definition) is 2. The normalized spacial score (nSPS) is 23.2. The molecule has 0 saturated heterocycles. The summed E-state index contributed by atoms with van der Waals surface area (Å²) in [6.45, 7) is 0. The van der Waals surface area contributed by atoms with E-state index in [2.05, 4.69) is 36.4 Å². The first kappa shape index (κ1) is 19.5. The first-order valence-corrected chi connectivity index (χ1v) is 13.3. The van der Waals surface area contributed by atoms with Gasteiger partial charge in [0.25, 0.3) is 2.86 Å². The van der Waals surface area contributed by atoms with Crippen LogP contribution in [0, 0.1) is 0 Å². The van der Waals surface area contributed by atoms with Crippen molar-refractivity contribution in [2.75, 3.05) is 0 Å². The van der Waals surface area contributed by atoms with Crippen LogP contribution in [-0.4, -0.2) is 13.1 Å². The van der Waals surface area contributed by atoms with E-state index in [1.54, 1.807) is 0 Å². The highest BCUT2D eigenvalue weighted by atomic mass is 16.3. The molecule has 3 aliphatic carbocycles. The average Bonchev–Trinajstić information content (AvgIpc) is 2.93. The molecule has 0 aliphatic heterocycles. The molecule has 2 heteroatoms. The van der Waals surface area contributed by atoms with Crippen LogP contribution in [0.3, 0.4) is 0 Å². The molecule has 0 spiro atoms. The van der Waals surface area contributed by atoms with Crippen molar-refractivity contribution in [3.05, 3.63) is 58.7 Å². The minimum absolute atomic E-state index is 0.00774. The van der Waals surface area contributed by atoms with E-state index >= 15 is 0 Å². The molecule has 3 aliphatic rings. The van der Waals surface area contributed by atoms with Crippen LogP contribution in [0.2, 0.25) is 0 Å². The predicted molar refractivity (Wildman–Crippen MR) is 132 cm³/mol. The molecule has 3 saturated carbocycles. The summed E-state index contributed by atoms with van der Waals surface area (Å²) in [5.74, 6) is 2.49. The fraction of sp³-hybridized carbons (Fsp3) is 0.600.